The van der Waals surface area contributed by atoms with Gasteiger partial charge in [0.2, 0.25) is 5.91 Å². The van der Waals surface area contributed by atoms with E-state index in [2.05, 4.69) is 17.1 Å². The van der Waals surface area contributed by atoms with E-state index >= 15 is 0 Å². The minimum atomic E-state index is -0.220. The van der Waals surface area contributed by atoms with Crippen LogP contribution in [0.1, 0.15) is 44.6 Å². The Hall–Kier alpha value is -1.06. The number of nitrogens with one attached hydrogen (secondary N) is 1. The first-order valence-corrected chi connectivity index (χ1v) is 8.35. The number of hydrogen-bond donors (Lipinski definition) is 1. The lowest BCUT2D eigenvalue weighted by Gasteiger charge is -2.28. The van der Waals surface area contributed by atoms with Crippen LogP contribution >= 0.6 is 11.6 Å². The molecule has 1 saturated heterocycles. The van der Waals surface area contributed by atoms with Gasteiger partial charge in [0.25, 0.3) is 0 Å². The summed E-state index contributed by atoms with van der Waals surface area (Å²) >= 11 is 6.31. The lowest BCUT2D eigenvalue weighted by atomic mass is 10.0. The van der Waals surface area contributed by atoms with E-state index in [1.807, 2.05) is 24.3 Å². The summed E-state index contributed by atoms with van der Waals surface area (Å²) in [7, 11) is 0. The summed E-state index contributed by atoms with van der Waals surface area (Å²) in [4.78, 5) is 15.0. The number of benzene rings is 1. The molecule has 1 N–H and O–H groups in total. The fourth-order valence-electron chi connectivity index (χ4n) is 3.42. The molecule has 1 aliphatic heterocycles. The number of carbonyl (C=O) groups excluding carboxylic acids is 1. The minimum Gasteiger partial charge on any atom is -0.345 e. The van der Waals surface area contributed by atoms with Gasteiger partial charge in [0.05, 0.1) is 11.6 Å². The van der Waals surface area contributed by atoms with Gasteiger partial charge in [0.1, 0.15) is 0 Å². The van der Waals surface area contributed by atoms with Crippen LogP contribution in [0.5, 0.6) is 0 Å². The van der Waals surface area contributed by atoms with E-state index in [9.17, 15) is 4.79 Å². The summed E-state index contributed by atoms with van der Waals surface area (Å²) in [5.74, 6) is 0.164. The van der Waals surface area contributed by atoms with Crippen LogP contribution in [0.15, 0.2) is 24.3 Å². The van der Waals surface area contributed by atoms with Crippen LogP contribution in [-0.2, 0) is 10.3 Å². The molecule has 1 aromatic carbocycles. The molecule has 21 heavy (non-hydrogen) atoms. The molecule has 1 aliphatic carbocycles. The van der Waals surface area contributed by atoms with Crippen LogP contribution in [0.3, 0.4) is 0 Å². The smallest absolute Gasteiger partial charge is 0.238 e. The Morgan fingerprint density at radius 1 is 1.33 bits per heavy atom. The molecule has 1 heterocycles. The second-order valence-corrected chi connectivity index (χ2v) is 6.63. The van der Waals surface area contributed by atoms with Crippen molar-refractivity contribution in [2.24, 2.45) is 0 Å². The number of likely N-dealkylation sites (tertiary alicyclic amines) is 1. The molecule has 3 nitrogen and oxygen atoms in total. The number of amides is 1. The number of nitrogens with zero attached hydrogens (tertiary/aromatic N) is 1. The summed E-state index contributed by atoms with van der Waals surface area (Å²) in [6, 6.07) is 7.87. The second-order valence-electron chi connectivity index (χ2n) is 6.22. The van der Waals surface area contributed by atoms with Gasteiger partial charge in [-0.15, -0.1) is 0 Å². The summed E-state index contributed by atoms with van der Waals surface area (Å²) in [5, 5.41) is 4.04. The van der Waals surface area contributed by atoms with Gasteiger partial charge in [-0.3, -0.25) is 9.69 Å². The van der Waals surface area contributed by atoms with Crippen molar-refractivity contribution in [1.29, 1.82) is 0 Å². The first-order valence-electron chi connectivity index (χ1n) is 7.97. The molecule has 1 amide bonds. The predicted molar refractivity (Wildman–Crippen MR) is 85.4 cm³/mol. The maximum absolute atomic E-state index is 12.7. The molecular formula is C17H23ClN2O. The molecular weight excluding hydrogens is 284 g/mol. The van der Waals surface area contributed by atoms with Gasteiger partial charge in [0, 0.05) is 5.02 Å². The van der Waals surface area contributed by atoms with Crippen LogP contribution in [-0.4, -0.2) is 29.9 Å². The Kier molecular flexibility index (Phi) is 4.23. The monoisotopic (exact) mass is 306 g/mol. The Morgan fingerprint density at radius 3 is 2.57 bits per heavy atom. The van der Waals surface area contributed by atoms with Gasteiger partial charge >= 0.3 is 0 Å². The van der Waals surface area contributed by atoms with Crippen LogP contribution in [0, 0.1) is 0 Å². The van der Waals surface area contributed by atoms with E-state index < -0.39 is 0 Å². The number of halogens is 1. The molecule has 0 unspecified atom stereocenters. The van der Waals surface area contributed by atoms with Crippen molar-refractivity contribution in [3.8, 4) is 0 Å². The standard InChI is InChI=1S/C17H23ClN2O/c1-2-15(20-11-5-6-12-20)16(21)19-17(9-10-17)13-7-3-4-8-14(13)18/h3-4,7-8,15H,2,5-6,9-12H2,1H3,(H,19,21)/t15-/m1/s1. The highest BCUT2D eigenvalue weighted by atomic mass is 35.5. The maximum Gasteiger partial charge on any atom is 0.238 e. The SMILES string of the molecule is CC[C@H](C(=O)NC1(c2ccccc2Cl)CC1)N1CCCC1. The van der Waals surface area contributed by atoms with E-state index in [1.165, 1.54) is 12.8 Å². The van der Waals surface area contributed by atoms with Crippen molar-refractivity contribution in [3.05, 3.63) is 34.9 Å². The van der Waals surface area contributed by atoms with Gasteiger partial charge in [-0.2, -0.15) is 0 Å². The van der Waals surface area contributed by atoms with E-state index in [-0.39, 0.29) is 17.5 Å². The number of rotatable bonds is 5. The molecule has 2 aliphatic rings. The number of hydrogen-bond acceptors (Lipinski definition) is 2. The third-order valence-corrected chi connectivity index (χ3v) is 5.10. The second kappa shape index (κ2) is 5.98. The molecule has 1 aromatic rings. The van der Waals surface area contributed by atoms with Crippen molar-refractivity contribution in [2.45, 2.75) is 50.6 Å². The zero-order valence-electron chi connectivity index (χ0n) is 12.6. The molecule has 1 saturated carbocycles. The fourth-order valence-corrected chi connectivity index (χ4v) is 3.73. The largest absolute Gasteiger partial charge is 0.345 e. The third kappa shape index (κ3) is 2.95. The van der Waals surface area contributed by atoms with Crippen molar-refractivity contribution in [3.63, 3.8) is 0 Å². The molecule has 0 bridgehead atoms. The summed E-state index contributed by atoms with van der Waals surface area (Å²) in [5.41, 5.74) is 0.846. The Balaban J connectivity index is 1.73. The lowest BCUT2D eigenvalue weighted by Crippen LogP contribution is -2.48. The van der Waals surface area contributed by atoms with Crippen molar-refractivity contribution in [2.75, 3.05) is 13.1 Å². The molecule has 2 fully saturated rings. The van der Waals surface area contributed by atoms with E-state index in [0.717, 1.165) is 42.9 Å². The molecule has 0 aromatic heterocycles. The van der Waals surface area contributed by atoms with E-state index in [1.54, 1.807) is 0 Å². The summed E-state index contributed by atoms with van der Waals surface area (Å²) in [6.45, 7) is 4.19. The Labute approximate surface area is 131 Å². The van der Waals surface area contributed by atoms with Crippen molar-refractivity contribution >= 4 is 17.5 Å². The molecule has 0 spiro atoms. The highest BCUT2D eigenvalue weighted by Crippen LogP contribution is 2.48. The van der Waals surface area contributed by atoms with E-state index in [4.69, 9.17) is 11.6 Å². The summed E-state index contributed by atoms with van der Waals surface area (Å²) in [6.07, 6.45) is 5.25. The average molecular weight is 307 g/mol. The highest BCUT2D eigenvalue weighted by molar-refractivity contribution is 6.31. The summed E-state index contributed by atoms with van der Waals surface area (Å²) < 4.78 is 0. The van der Waals surface area contributed by atoms with Gasteiger partial charge in [-0.05, 0) is 56.8 Å². The van der Waals surface area contributed by atoms with Gasteiger partial charge in [0.15, 0.2) is 0 Å². The fraction of sp³-hybridized carbons (Fsp3) is 0.588. The Morgan fingerprint density at radius 2 is 2.00 bits per heavy atom. The van der Waals surface area contributed by atoms with E-state index in [0.29, 0.717) is 0 Å². The topological polar surface area (TPSA) is 32.3 Å². The van der Waals surface area contributed by atoms with Crippen LogP contribution in [0.2, 0.25) is 5.02 Å². The van der Waals surface area contributed by atoms with Crippen LogP contribution in [0.25, 0.3) is 0 Å². The quantitative estimate of drug-likeness (QED) is 0.905. The zero-order valence-corrected chi connectivity index (χ0v) is 13.3. The van der Waals surface area contributed by atoms with Crippen molar-refractivity contribution < 1.29 is 4.79 Å². The lowest BCUT2D eigenvalue weighted by molar-refractivity contribution is -0.127. The number of carbonyl (C=O) groups is 1. The van der Waals surface area contributed by atoms with Gasteiger partial charge in [-0.1, -0.05) is 36.7 Å². The molecule has 114 valence electrons. The average Bonchev–Trinajstić information content (AvgIpc) is 3.04. The van der Waals surface area contributed by atoms with Crippen LogP contribution in [0.4, 0.5) is 0 Å². The Bertz CT molecular complexity index is 521. The molecule has 3 rings (SSSR count). The van der Waals surface area contributed by atoms with Crippen molar-refractivity contribution in [1.82, 2.24) is 10.2 Å². The maximum atomic E-state index is 12.7. The van der Waals surface area contributed by atoms with Crippen LogP contribution < -0.4 is 5.32 Å². The minimum absolute atomic E-state index is 0.00691. The molecule has 0 radical (unpaired) electrons. The first kappa shape index (κ1) is 14.9. The molecule has 1 atom stereocenters. The van der Waals surface area contributed by atoms with Gasteiger partial charge in [-0.25, -0.2) is 0 Å². The third-order valence-electron chi connectivity index (χ3n) is 4.77. The normalized spacial score (nSPS) is 22.0. The first-order chi connectivity index (χ1) is 10.2. The zero-order chi connectivity index (χ0) is 14.9. The van der Waals surface area contributed by atoms with Gasteiger partial charge < -0.3 is 5.32 Å². The highest BCUT2D eigenvalue weighted by Gasteiger charge is 2.47. The molecule has 4 heteroatoms. The predicted octanol–water partition coefficient (Wildman–Crippen LogP) is 3.32.